The molecule has 1 aromatic rings. The van der Waals surface area contributed by atoms with Gasteiger partial charge in [-0.2, -0.15) is 4.72 Å². The molecule has 1 amide bonds. The van der Waals surface area contributed by atoms with Crippen molar-refractivity contribution in [3.05, 3.63) is 41.7 Å². The third kappa shape index (κ3) is 4.89. The van der Waals surface area contributed by atoms with Crippen LogP contribution in [0.5, 0.6) is 0 Å². The Morgan fingerprint density at radius 2 is 1.84 bits per heavy atom. The number of nitrogens with one attached hydrogen (secondary N) is 1. The van der Waals surface area contributed by atoms with E-state index in [4.69, 9.17) is 0 Å². The Morgan fingerprint density at radius 3 is 2.32 bits per heavy atom. The smallest absolute Gasteiger partial charge is 0.241 e. The second-order valence-corrected chi connectivity index (χ2v) is 9.02. The van der Waals surface area contributed by atoms with Crippen LogP contribution in [-0.4, -0.2) is 38.4 Å². The van der Waals surface area contributed by atoms with Crippen molar-refractivity contribution in [2.75, 3.05) is 13.1 Å². The molecule has 2 rings (SSSR count). The molecule has 1 heterocycles. The molecule has 1 aliphatic heterocycles. The minimum absolute atomic E-state index is 0.0675. The molecule has 7 heteroatoms. The molecule has 1 N–H and O–H groups in total. The van der Waals surface area contributed by atoms with E-state index in [1.54, 1.807) is 4.90 Å². The van der Waals surface area contributed by atoms with E-state index in [0.717, 1.165) is 18.6 Å². The van der Waals surface area contributed by atoms with Gasteiger partial charge in [0.15, 0.2) is 0 Å². The Kier molecular flexibility index (Phi) is 5.68. The summed E-state index contributed by atoms with van der Waals surface area (Å²) in [4.78, 5) is 14.1. The van der Waals surface area contributed by atoms with Crippen molar-refractivity contribution in [1.29, 1.82) is 0 Å². The average molecular weight is 368 g/mol. The zero-order valence-corrected chi connectivity index (χ0v) is 15.9. The number of sulfonamides is 1. The largest absolute Gasteiger partial charge is 0.337 e. The Morgan fingerprint density at radius 1 is 1.24 bits per heavy atom. The first-order chi connectivity index (χ1) is 11.5. The first-order valence-electron chi connectivity index (χ1n) is 8.27. The molecule has 0 saturated heterocycles. The lowest BCUT2D eigenvalue weighted by Crippen LogP contribution is -2.48. The second-order valence-electron chi connectivity index (χ2n) is 7.31. The van der Waals surface area contributed by atoms with E-state index in [9.17, 15) is 17.6 Å². The summed E-state index contributed by atoms with van der Waals surface area (Å²) in [5.74, 6) is -0.785. The topological polar surface area (TPSA) is 66.5 Å². The van der Waals surface area contributed by atoms with Gasteiger partial charge in [-0.05, 0) is 43.0 Å². The number of amides is 1. The number of carbonyl (C=O) groups is 1. The third-order valence-corrected chi connectivity index (χ3v) is 5.87. The molecule has 0 aromatic heterocycles. The van der Waals surface area contributed by atoms with Crippen molar-refractivity contribution >= 4 is 15.9 Å². The van der Waals surface area contributed by atoms with Gasteiger partial charge < -0.3 is 4.90 Å². The quantitative estimate of drug-likeness (QED) is 0.831. The maximum absolute atomic E-state index is 12.9. The summed E-state index contributed by atoms with van der Waals surface area (Å²) < 4.78 is 39.9. The highest BCUT2D eigenvalue weighted by Gasteiger charge is 2.28. The number of carbonyl (C=O) groups excluding carboxylic acids is 1. The number of halogens is 1. The van der Waals surface area contributed by atoms with E-state index in [1.807, 2.05) is 6.08 Å². The molecule has 0 aliphatic carbocycles. The summed E-state index contributed by atoms with van der Waals surface area (Å²) in [5.41, 5.74) is 1.38. The Bertz CT molecular complexity index is 765. The van der Waals surface area contributed by atoms with Crippen LogP contribution >= 0.6 is 0 Å². The summed E-state index contributed by atoms with van der Waals surface area (Å²) in [5, 5.41) is 0. The van der Waals surface area contributed by atoms with Crippen molar-refractivity contribution in [3.8, 4) is 0 Å². The highest BCUT2D eigenvalue weighted by atomic mass is 32.2. The number of hydrogen-bond donors (Lipinski definition) is 1. The van der Waals surface area contributed by atoms with Crippen molar-refractivity contribution in [1.82, 2.24) is 9.62 Å². The summed E-state index contributed by atoms with van der Waals surface area (Å²) in [7, 11) is -3.87. The van der Waals surface area contributed by atoms with Gasteiger partial charge >= 0.3 is 0 Å². The Balaban J connectivity index is 2.03. The van der Waals surface area contributed by atoms with E-state index in [2.05, 4.69) is 25.5 Å². The van der Waals surface area contributed by atoms with Crippen LogP contribution in [0, 0.1) is 11.2 Å². The summed E-state index contributed by atoms with van der Waals surface area (Å²) >= 11 is 0. The summed E-state index contributed by atoms with van der Waals surface area (Å²) in [6.07, 6.45) is 2.83. The lowest BCUT2D eigenvalue weighted by Gasteiger charge is -2.33. The standard InChI is InChI=1S/C18H25FN2O3S/c1-13(20-25(23,24)16-7-5-15(19)6-8-16)17(22)21-11-9-14(10-12-21)18(2,3)4/h5-9,13,20H,10-12H2,1-4H3/t13-/m0/s1. The van der Waals surface area contributed by atoms with Crippen molar-refractivity contribution in [2.24, 2.45) is 5.41 Å². The van der Waals surface area contributed by atoms with Crippen molar-refractivity contribution < 1.29 is 17.6 Å². The molecule has 25 heavy (non-hydrogen) atoms. The van der Waals surface area contributed by atoms with E-state index in [0.29, 0.717) is 13.1 Å². The monoisotopic (exact) mass is 368 g/mol. The SMILES string of the molecule is C[C@H](NS(=O)(=O)c1ccc(F)cc1)C(=O)N1CC=C(C(C)(C)C)CC1. The molecule has 1 aromatic carbocycles. The molecule has 0 spiro atoms. The highest BCUT2D eigenvalue weighted by Crippen LogP contribution is 2.30. The van der Waals surface area contributed by atoms with Crippen LogP contribution in [0.3, 0.4) is 0 Å². The minimum Gasteiger partial charge on any atom is -0.337 e. The number of hydrogen-bond acceptors (Lipinski definition) is 3. The Hall–Kier alpha value is -1.73. The van der Waals surface area contributed by atoms with E-state index >= 15 is 0 Å². The zero-order valence-electron chi connectivity index (χ0n) is 15.0. The normalized spacial score (nSPS) is 17.2. The Labute approximate surface area is 149 Å². The van der Waals surface area contributed by atoms with Crippen LogP contribution in [0.4, 0.5) is 4.39 Å². The molecule has 0 fully saturated rings. The molecular weight excluding hydrogens is 343 g/mol. The second kappa shape index (κ2) is 7.25. The lowest BCUT2D eigenvalue weighted by molar-refractivity contribution is -0.132. The zero-order chi connectivity index (χ0) is 18.8. The molecule has 0 bridgehead atoms. The molecule has 0 radical (unpaired) electrons. The fourth-order valence-electron chi connectivity index (χ4n) is 2.79. The fourth-order valence-corrected chi connectivity index (χ4v) is 3.99. The van der Waals surface area contributed by atoms with Crippen LogP contribution in [-0.2, 0) is 14.8 Å². The van der Waals surface area contributed by atoms with E-state index in [1.165, 1.54) is 24.6 Å². The van der Waals surface area contributed by atoms with Crippen molar-refractivity contribution in [2.45, 2.75) is 45.1 Å². The average Bonchev–Trinajstić information content (AvgIpc) is 2.53. The van der Waals surface area contributed by atoms with Crippen LogP contribution in [0.2, 0.25) is 0 Å². The molecule has 5 nitrogen and oxygen atoms in total. The maximum atomic E-state index is 12.9. The van der Waals surface area contributed by atoms with Gasteiger partial charge in [0.2, 0.25) is 15.9 Å². The summed E-state index contributed by atoms with van der Waals surface area (Å²) in [6, 6.07) is 3.61. The van der Waals surface area contributed by atoms with Crippen LogP contribution < -0.4 is 4.72 Å². The predicted molar refractivity (Wildman–Crippen MR) is 94.9 cm³/mol. The van der Waals surface area contributed by atoms with Gasteiger partial charge in [-0.1, -0.05) is 32.4 Å². The number of benzene rings is 1. The molecule has 138 valence electrons. The van der Waals surface area contributed by atoms with Gasteiger partial charge in [-0.25, -0.2) is 12.8 Å². The summed E-state index contributed by atoms with van der Waals surface area (Å²) in [6.45, 7) is 8.98. The lowest BCUT2D eigenvalue weighted by atomic mass is 9.83. The molecule has 1 aliphatic rings. The fraction of sp³-hybridized carbons (Fsp3) is 0.500. The molecular formula is C18H25FN2O3S. The predicted octanol–water partition coefficient (Wildman–Crippen LogP) is 2.70. The van der Waals surface area contributed by atoms with Crippen molar-refractivity contribution in [3.63, 3.8) is 0 Å². The molecule has 0 unspecified atom stereocenters. The van der Waals surface area contributed by atoms with Crippen LogP contribution in [0.1, 0.15) is 34.1 Å². The van der Waals surface area contributed by atoms with E-state index in [-0.39, 0.29) is 16.2 Å². The molecule has 1 atom stereocenters. The third-order valence-electron chi connectivity index (χ3n) is 4.31. The number of nitrogens with zero attached hydrogens (tertiary/aromatic N) is 1. The first kappa shape index (κ1) is 19.6. The maximum Gasteiger partial charge on any atom is 0.241 e. The van der Waals surface area contributed by atoms with Gasteiger partial charge in [-0.3, -0.25) is 4.79 Å². The van der Waals surface area contributed by atoms with E-state index < -0.39 is 21.9 Å². The molecule has 0 saturated carbocycles. The van der Waals surface area contributed by atoms with Gasteiger partial charge in [0, 0.05) is 13.1 Å². The van der Waals surface area contributed by atoms with Gasteiger partial charge in [0.05, 0.1) is 10.9 Å². The first-order valence-corrected chi connectivity index (χ1v) is 9.75. The number of rotatable bonds is 4. The van der Waals surface area contributed by atoms with Crippen LogP contribution in [0.15, 0.2) is 40.8 Å². The highest BCUT2D eigenvalue weighted by molar-refractivity contribution is 7.89. The van der Waals surface area contributed by atoms with Gasteiger partial charge in [-0.15, -0.1) is 0 Å². The minimum atomic E-state index is -3.87. The van der Waals surface area contributed by atoms with Gasteiger partial charge in [0.1, 0.15) is 5.82 Å². The van der Waals surface area contributed by atoms with Crippen LogP contribution in [0.25, 0.3) is 0 Å². The van der Waals surface area contributed by atoms with Gasteiger partial charge in [0.25, 0.3) is 0 Å².